The van der Waals surface area contributed by atoms with E-state index in [1.54, 1.807) is 24.3 Å². The molecule has 0 spiro atoms. The molecular weight excluding hydrogens is 294 g/mol. The Kier molecular flexibility index (Phi) is 5.36. The highest BCUT2D eigenvalue weighted by Gasteiger charge is 2.14. The van der Waals surface area contributed by atoms with Crippen LogP contribution < -0.4 is 10.1 Å². The van der Waals surface area contributed by atoms with Crippen molar-refractivity contribution in [3.63, 3.8) is 0 Å². The number of rotatable bonds is 6. The number of aromatic carboxylic acids is 1. The van der Waals surface area contributed by atoms with Crippen LogP contribution in [0.15, 0.2) is 42.5 Å². The lowest BCUT2D eigenvalue weighted by Gasteiger charge is -2.12. The number of carbonyl (C=O) groups excluding carboxylic acids is 1. The van der Waals surface area contributed by atoms with E-state index in [1.807, 2.05) is 19.9 Å². The Morgan fingerprint density at radius 1 is 1.17 bits per heavy atom. The second-order valence-corrected chi connectivity index (χ2v) is 5.19. The molecule has 0 aliphatic heterocycles. The summed E-state index contributed by atoms with van der Waals surface area (Å²) < 4.78 is 5.61. The quantitative estimate of drug-likeness (QED) is 0.852. The molecule has 0 aromatic heterocycles. The van der Waals surface area contributed by atoms with Crippen LogP contribution in [0.2, 0.25) is 0 Å². The van der Waals surface area contributed by atoms with Gasteiger partial charge in [-0.25, -0.2) is 4.79 Å². The number of hydrogen-bond donors (Lipinski definition) is 2. The molecular formula is C18H19NO4. The number of nitrogens with one attached hydrogen (secondary N) is 1. The Morgan fingerprint density at radius 3 is 2.65 bits per heavy atom. The average molecular weight is 313 g/mol. The summed E-state index contributed by atoms with van der Waals surface area (Å²) in [6, 6.07) is 11.5. The largest absolute Gasteiger partial charge is 0.493 e. The molecule has 0 aliphatic carbocycles. The zero-order valence-electron chi connectivity index (χ0n) is 13.1. The minimum absolute atomic E-state index is 0.120. The number of aryl methyl sites for hydroxylation is 1. The molecule has 0 radical (unpaired) electrons. The van der Waals surface area contributed by atoms with Gasteiger partial charge in [-0.15, -0.1) is 0 Å². The van der Waals surface area contributed by atoms with Crippen LogP contribution in [0.1, 0.15) is 39.6 Å². The maximum atomic E-state index is 12.5. The van der Waals surface area contributed by atoms with Gasteiger partial charge >= 0.3 is 5.97 Å². The van der Waals surface area contributed by atoms with Crippen LogP contribution in [0.5, 0.6) is 5.75 Å². The van der Waals surface area contributed by atoms with Crippen LogP contribution in [-0.2, 0) is 0 Å². The molecule has 0 saturated heterocycles. The van der Waals surface area contributed by atoms with Crippen LogP contribution >= 0.6 is 0 Å². The Labute approximate surface area is 134 Å². The molecule has 5 nitrogen and oxygen atoms in total. The molecule has 1 amide bonds. The highest BCUT2D eigenvalue weighted by Crippen LogP contribution is 2.22. The third-order valence-corrected chi connectivity index (χ3v) is 3.21. The molecule has 0 saturated carbocycles. The van der Waals surface area contributed by atoms with E-state index in [0.717, 1.165) is 12.0 Å². The van der Waals surface area contributed by atoms with Crippen molar-refractivity contribution in [2.75, 3.05) is 11.9 Å². The first kappa shape index (κ1) is 16.5. The second-order valence-electron chi connectivity index (χ2n) is 5.19. The first-order chi connectivity index (χ1) is 11.0. The standard InChI is InChI=1S/C18H19NO4/c1-3-9-23-16-8-7-12(2)10-15(16)17(20)19-14-6-4-5-13(11-14)18(21)22/h4-8,10-11H,3,9H2,1-2H3,(H,19,20)(H,21,22). The molecule has 0 atom stereocenters. The minimum atomic E-state index is -1.04. The van der Waals surface area contributed by atoms with E-state index in [-0.39, 0.29) is 11.5 Å². The van der Waals surface area contributed by atoms with Gasteiger partial charge in [-0.05, 0) is 43.7 Å². The Morgan fingerprint density at radius 2 is 1.96 bits per heavy atom. The fraction of sp³-hybridized carbons (Fsp3) is 0.222. The number of anilines is 1. The summed E-state index contributed by atoms with van der Waals surface area (Å²) in [6.07, 6.45) is 0.843. The molecule has 5 heteroatoms. The summed E-state index contributed by atoms with van der Waals surface area (Å²) in [5.74, 6) is -0.852. The van der Waals surface area contributed by atoms with Crippen LogP contribution in [0.25, 0.3) is 0 Å². The lowest BCUT2D eigenvalue weighted by Crippen LogP contribution is -2.14. The summed E-state index contributed by atoms with van der Waals surface area (Å²) >= 11 is 0. The summed E-state index contributed by atoms with van der Waals surface area (Å²) in [6.45, 7) is 4.41. The van der Waals surface area contributed by atoms with E-state index in [0.29, 0.717) is 23.6 Å². The van der Waals surface area contributed by atoms with Crippen LogP contribution in [-0.4, -0.2) is 23.6 Å². The van der Waals surface area contributed by atoms with Gasteiger partial charge in [0.1, 0.15) is 5.75 Å². The number of carbonyl (C=O) groups is 2. The third-order valence-electron chi connectivity index (χ3n) is 3.21. The molecule has 0 aliphatic rings. The fourth-order valence-electron chi connectivity index (χ4n) is 2.09. The molecule has 2 aromatic rings. The average Bonchev–Trinajstić information content (AvgIpc) is 2.53. The van der Waals surface area contributed by atoms with Crippen molar-refractivity contribution in [1.82, 2.24) is 0 Å². The predicted molar refractivity (Wildman–Crippen MR) is 88.3 cm³/mol. The van der Waals surface area contributed by atoms with Gasteiger partial charge in [-0.3, -0.25) is 4.79 Å². The van der Waals surface area contributed by atoms with Crippen LogP contribution in [0.4, 0.5) is 5.69 Å². The monoisotopic (exact) mass is 313 g/mol. The van der Waals surface area contributed by atoms with Gasteiger partial charge in [0.25, 0.3) is 5.91 Å². The minimum Gasteiger partial charge on any atom is -0.493 e. The Hall–Kier alpha value is -2.82. The molecule has 120 valence electrons. The maximum absolute atomic E-state index is 12.5. The van der Waals surface area contributed by atoms with Gasteiger partial charge in [-0.2, -0.15) is 0 Å². The highest BCUT2D eigenvalue weighted by molar-refractivity contribution is 6.06. The normalized spacial score (nSPS) is 10.2. The van der Waals surface area contributed by atoms with Gasteiger partial charge in [0.05, 0.1) is 17.7 Å². The lowest BCUT2D eigenvalue weighted by atomic mass is 10.1. The Balaban J connectivity index is 2.25. The molecule has 23 heavy (non-hydrogen) atoms. The number of benzene rings is 2. The van der Waals surface area contributed by atoms with Crippen LogP contribution in [0.3, 0.4) is 0 Å². The lowest BCUT2D eigenvalue weighted by molar-refractivity contribution is 0.0696. The van der Waals surface area contributed by atoms with Crippen molar-refractivity contribution in [1.29, 1.82) is 0 Å². The molecule has 0 unspecified atom stereocenters. The van der Waals surface area contributed by atoms with Crippen molar-refractivity contribution in [3.8, 4) is 5.75 Å². The summed E-state index contributed by atoms with van der Waals surface area (Å²) in [5.41, 5.74) is 1.92. The fourth-order valence-corrected chi connectivity index (χ4v) is 2.09. The molecule has 0 bridgehead atoms. The molecule has 0 fully saturated rings. The number of amides is 1. The zero-order chi connectivity index (χ0) is 16.8. The van der Waals surface area contributed by atoms with E-state index >= 15 is 0 Å². The van der Waals surface area contributed by atoms with Gasteiger partial charge in [0, 0.05) is 5.69 Å². The molecule has 2 aromatic carbocycles. The maximum Gasteiger partial charge on any atom is 0.335 e. The predicted octanol–water partition coefficient (Wildman–Crippen LogP) is 3.73. The number of carboxylic acids is 1. The topological polar surface area (TPSA) is 75.6 Å². The van der Waals surface area contributed by atoms with Crippen molar-refractivity contribution < 1.29 is 19.4 Å². The number of ether oxygens (including phenoxy) is 1. The van der Waals surface area contributed by atoms with E-state index in [4.69, 9.17) is 9.84 Å². The van der Waals surface area contributed by atoms with E-state index in [9.17, 15) is 9.59 Å². The highest BCUT2D eigenvalue weighted by atomic mass is 16.5. The molecule has 2 N–H and O–H groups in total. The molecule has 2 rings (SSSR count). The number of hydrogen-bond acceptors (Lipinski definition) is 3. The van der Waals surface area contributed by atoms with Gasteiger partial charge in [0.15, 0.2) is 0 Å². The second kappa shape index (κ2) is 7.45. The zero-order valence-corrected chi connectivity index (χ0v) is 13.1. The summed E-state index contributed by atoms with van der Waals surface area (Å²) in [7, 11) is 0. The van der Waals surface area contributed by atoms with Gasteiger partial charge in [-0.1, -0.05) is 24.6 Å². The third kappa shape index (κ3) is 4.32. The smallest absolute Gasteiger partial charge is 0.335 e. The van der Waals surface area contributed by atoms with Crippen molar-refractivity contribution >= 4 is 17.6 Å². The van der Waals surface area contributed by atoms with Crippen molar-refractivity contribution in [2.24, 2.45) is 0 Å². The van der Waals surface area contributed by atoms with Crippen molar-refractivity contribution in [2.45, 2.75) is 20.3 Å². The van der Waals surface area contributed by atoms with Gasteiger partial charge < -0.3 is 15.2 Å². The number of carboxylic acid groups (broad SMARTS) is 1. The summed E-state index contributed by atoms with van der Waals surface area (Å²) in [4.78, 5) is 23.5. The first-order valence-corrected chi connectivity index (χ1v) is 7.39. The molecule has 0 heterocycles. The van der Waals surface area contributed by atoms with E-state index in [2.05, 4.69) is 5.32 Å². The van der Waals surface area contributed by atoms with Gasteiger partial charge in [0.2, 0.25) is 0 Å². The van der Waals surface area contributed by atoms with Crippen molar-refractivity contribution in [3.05, 3.63) is 59.2 Å². The first-order valence-electron chi connectivity index (χ1n) is 7.39. The summed E-state index contributed by atoms with van der Waals surface area (Å²) in [5, 5.41) is 11.7. The van der Waals surface area contributed by atoms with E-state index < -0.39 is 5.97 Å². The van der Waals surface area contributed by atoms with Crippen LogP contribution in [0, 0.1) is 6.92 Å². The SMILES string of the molecule is CCCOc1ccc(C)cc1C(=O)Nc1cccc(C(=O)O)c1. The van der Waals surface area contributed by atoms with E-state index in [1.165, 1.54) is 12.1 Å². The Bertz CT molecular complexity index is 725.